The normalized spacial score (nSPS) is 21.2. The van der Waals surface area contributed by atoms with Crippen LogP contribution >= 0.6 is 11.8 Å². The van der Waals surface area contributed by atoms with E-state index in [-0.39, 0.29) is 30.3 Å². The third-order valence-corrected chi connectivity index (χ3v) is 7.91. The number of allylic oxidation sites excluding steroid dienone is 1. The number of likely N-dealkylation sites (tertiary alicyclic amines) is 1. The van der Waals surface area contributed by atoms with Gasteiger partial charge < -0.3 is 19.3 Å². The van der Waals surface area contributed by atoms with Gasteiger partial charge in [-0.2, -0.15) is 0 Å². The summed E-state index contributed by atoms with van der Waals surface area (Å²) in [6.45, 7) is 12.7. The van der Waals surface area contributed by atoms with Gasteiger partial charge in [0.25, 0.3) is 0 Å². The van der Waals surface area contributed by atoms with E-state index in [1.165, 1.54) is 11.8 Å². The zero-order valence-corrected chi connectivity index (χ0v) is 23.9. The van der Waals surface area contributed by atoms with E-state index in [4.69, 9.17) is 14.5 Å². The second kappa shape index (κ2) is 11.8. The van der Waals surface area contributed by atoms with Gasteiger partial charge in [-0.25, -0.2) is 9.79 Å². The highest BCUT2D eigenvalue weighted by Crippen LogP contribution is 2.46. The van der Waals surface area contributed by atoms with Crippen molar-refractivity contribution < 1.29 is 23.9 Å². The van der Waals surface area contributed by atoms with Gasteiger partial charge in [0.05, 0.1) is 42.4 Å². The number of amidine groups is 1. The van der Waals surface area contributed by atoms with Crippen molar-refractivity contribution in [3.63, 3.8) is 0 Å². The highest BCUT2D eigenvalue weighted by molar-refractivity contribution is 8.16. The number of aryl methyl sites for hydroxylation is 2. The van der Waals surface area contributed by atoms with E-state index < -0.39 is 12.0 Å². The molecule has 0 N–H and O–H groups in total. The Balaban J connectivity index is 1.65. The second-order valence-corrected chi connectivity index (χ2v) is 11.2. The lowest BCUT2D eigenvalue weighted by molar-refractivity contribution is -0.151. The average molecular weight is 540 g/mol. The number of aliphatic imine (C=N–C) groups is 1. The monoisotopic (exact) mass is 539 g/mol. The quantitative estimate of drug-likeness (QED) is 0.450. The van der Waals surface area contributed by atoms with Crippen molar-refractivity contribution in [3.05, 3.63) is 57.3 Å². The number of carbonyl (C=O) groups excluding carboxylic acids is 3. The van der Waals surface area contributed by atoms with Gasteiger partial charge >= 0.3 is 11.9 Å². The Labute approximate surface area is 229 Å². The lowest BCUT2D eigenvalue weighted by Crippen LogP contribution is -2.44. The Kier molecular flexibility index (Phi) is 8.65. The highest BCUT2D eigenvalue weighted by Gasteiger charge is 2.42. The van der Waals surface area contributed by atoms with E-state index in [1.54, 1.807) is 11.8 Å². The number of amides is 1. The Hall–Kier alpha value is -3.07. The van der Waals surface area contributed by atoms with Gasteiger partial charge in [-0.3, -0.25) is 9.59 Å². The predicted molar refractivity (Wildman–Crippen MR) is 148 cm³/mol. The zero-order chi connectivity index (χ0) is 27.6. The Bertz CT molecular complexity index is 1220. The number of esters is 2. The molecule has 3 aliphatic rings. The van der Waals surface area contributed by atoms with Crippen LogP contribution in [0.3, 0.4) is 0 Å². The van der Waals surface area contributed by atoms with Crippen LogP contribution in [0.4, 0.5) is 0 Å². The average Bonchev–Trinajstić information content (AvgIpc) is 3.26. The molecule has 38 heavy (non-hydrogen) atoms. The van der Waals surface area contributed by atoms with Crippen LogP contribution in [0.2, 0.25) is 0 Å². The van der Waals surface area contributed by atoms with Crippen LogP contribution in [0.1, 0.15) is 69.7 Å². The smallest absolute Gasteiger partial charge is 0.338 e. The summed E-state index contributed by atoms with van der Waals surface area (Å²) in [6.07, 6.45) is 1.36. The molecule has 3 heterocycles. The highest BCUT2D eigenvalue weighted by atomic mass is 32.2. The fourth-order valence-electron chi connectivity index (χ4n) is 5.18. The molecule has 8 nitrogen and oxygen atoms in total. The van der Waals surface area contributed by atoms with Crippen molar-refractivity contribution in [3.8, 4) is 0 Å². The van der Waals surface area contributed by atoms with E-state index in [0.717, 1.165) is 40.4 Å². The molecule has 3 aliphatic heterocycles. The van der Waals surface area contributed by atoms with Crippen LogP contribution in [-0.2, 0) is 23.9 Å². The van der Waals surface area contributed by atoms with Crippen molar-refractivity contribution in [2.24, 2.45) is 10.9 Å². The summed E-state index contributed by atoms with van der Waals surface area (Å²) in [5.41, 5.74) is 4.99. The Morgan fingerprint density at radius 3 is 2.66 bits per heavy atom. The standard InChI is InChI=1S/C29H37N3O5S/c1-7-36-27(34)21-9-8-12-31(15-21)24(33)14-22-16-38-29-30-20(6)25(28(35)37-17(2)3)26(32(22)29)23-13-18(4)10-11-19(23)5/h10-11,13,16-17,21,26H,7-9,12,14-15H2,1-6H3. The number of thioether (sulfide) groups is 1. The van der Waals surface area contributed by atoms with E-state index >= 15 is 0 Å². The van der Waals surface area contributed by atoms with Crippen LogP contribution < -0.4 is 0 Å². The van der Waals surface area contributed by atoms with Gasteiger partial charge in [-0.05, 0) is 70.9 Å². The Morgan fingerprint density at radius 1 is 1.18 bits per heavy atom. The summed E-state index contributed by atoms with van der Waals surface area (Å²) < 4.78 is 10.9. The number of piperidine rings is 1. The van der Waals surface area contributed by atoms with Crippen LogP contribution in [0.25, 0.3) is 0 Å². The fraction of sp³-hybridized carbons (Fsp3) is 0.517. The van der Waals surface area contributed by atoms with Gasteiger partial charge in [-0.1, -0.05) is 35.5 Å². The molecule has 0 spiro atoms. The number of hydrogen-bond donors (Lipinski definition) is 0. The zero-order valence-electron chi connectivity index (χ0n) is 23.1. The van der Waals surface area contributed by atoms with E-state index in [2.05, 4.69) is 18.2 Å². The molecule has 1 fully saturated rings. The fourth-order valence-corrected chi connectivity index (χ4v) is 6.14. The summed E-state index contributed by atoms with van der Waals surface area (Å²) in [7, 11) is 0. The van der Waals surface area contributed by atoms with Crippen molar-refractivity contribution in [1.29, 1.82) is 0 Å². The molecule has 2 unspecified atom stereocenters. The molecule has 1 amide bonds. The first-order valence-electron chi connectivity index (χ1n) is 13.3. The van der Waals surface area contributed by atoms with Crippen molar-refractivity contribution in [1.82, 2.24) is 9.80 Å². The minimum atomic E-state index is -0.462. The summed E-state index contributed by atoms with van der Waals surface area (Å²) in [5, 5.41) is 2.69. The lowest BCUT2D eigenvalue weighted by atomic mass is 9.90. The predicted octanol–water partition coefficient (Wildman–Crippen LogP) is 5.02. The number of fused-ring (bicyclic) bond motifs is 1. The molecule has 0 aliphatic carbocycles. The molecule has 1 aromatic rings. The molecule has 2 atom stereocenters. The van der Waals surface area contributed by atoms with E-state index in [0.29, 0.717) is 31.0 Å². The molecule has 1 aromatic carbocycles. The maximum absolute atomic E-state index is 13.5. The minimum absolute atomic E-state index is 0.0515. The second-order valence-electron chi connectivity index (χ2n) is 10.3. The molecule has 0 radical (unpaired) electrons. The molecular formula is C29H37N3O5S. The minimum Gasteiger partial charge on any atom is -0.466 e. The van der Waals surface area contributed by atoms with Crippen molar-refractivity contribution in [2.75, 3.05) is 19.7 Å². The largest absolute Gasteiger partial charge is 0.466 e. The van der Waals surface area contributed by atoms with E-state index in [9.17, 15) is 14.4 Å². The lowest BCUT2D eigenvalue weighted by Gasteiger charge is -2.38. The summed E-state index contributed by atoms with van der Waals surface area (Å²) in [5.74, 6) is -0.987. The van der Waals surface area contributed by atoms with Crippen LogP contribution in [-0.4, -0.2) is 58.6 Å². The number of carbonyl (C=O) groups is 3. The number of rotatable bonds is 7. The first kappa shape index (κ1) is 28.0. The van der Waals surface area contributed by atoms with Gasteiger partial charge in [-0.15, -0.1) is 0 Å². The van der Waals surface area contributed by atoms with Gasteiger partial charge in [0.15, 0.2) is 5.17 Å². The third-order valence-electron chi connectivity index (χ3n) is 7.02. The molecule has 0 bridgehead atoms. The van der Waals surface area contributed by atoms with Crippen molar-refractivity contribution in [2.45, 2.75) is 73.0 Å². The summed E-state index contributed by atoms with van der Waals surface area (Å²) in [4.78, 5) is 47.7. The molecule has 0 saturated carbocycles. The first-order valence-corrected chi connectivity index (χ1v) is 14.2. The van der Waals surface area contributed by atoms with Crippen LogP contribution in [0.15, 0.2) is 45.6 Å². The number of hydrogen-bond acceptors (Lipinski definition) is 8. The topological polar surface area (TPSA) is 88.5 Å². The Morgan fingerprint density at radius 2 is 1.95 bits per heavy atom. The number of ether oxygens (including phenoxy) is 2. The van der Waals surface area contributed by atoms with Crippen molar-refractivity contribution >= 4 is 34.8 Å². The molecule has 204 valence electrons. The maximum atomic E-state index is 13.5. The molecule has 1 saturated heterocycles. The molecule has 4 rings (SSSR count). The number of benzene rings is 1. The first-order chi connectivity index (χ1) is 18.1. The van der Waals surface area contributed by atoms with Crippen LogP contribution in [0.5, 0.6) is 0 Å². The van der Waals surface area contributed by atoms with Gasteiger partial charge in [0, 0.05) is 18.8 Å². The van der Waals surface area contributed by atoms with Crippen LogP contribution in [0, 0.1) is 19.8 Å². The maximum Gasteiger partial charge on any atom is 0.338 e. The molecule has 0 aromatic heterocycles. The summed E-state index contributed by atoms with van der Waals surface area (Å²) in [6, 6.07) is 5.74. The summed E-state index contributed by atoms with van der Waals surface area (Å²) >= 11 is 1.46. The van der Waals surface area contributed by atoms with E-state index in [1.807, 2.05) is 44.9 Å². The third kappa shape index (κ3) is 5.82. The van der Waals surface area contributed by atoms with Gasteiger partial charge in [0.1, 0.15) is 0 Å². The van der Waals surface area contributed by atoms with Gasteiger partial charge in [0.2, 0.25) is 5.91 Å². The molecular weight excluding hydrogens is 502 g/mol. The SMILES string of the molecule is CCOC(=O)C1CCCN(C(=O)CC2=CSC3=NC(C)=C(C(=O)OC(C)C)C(c4cc(C)ccc4C)N23)C1. The number of nitrogens with zero attached hydrogens (tertiary/aromatic N) is 3. The molecule has 9 heteroatoms.